The minimum Gasteiger partial charge on any atom is -0.497 e. The number of nitrogens with zero attached hydrogens (tertiary/aromatic N) is 2. The van der Waals surface area contributed by atoms with E-state index < -0.39 is 11.9 Å². The van der Waals surface area contributed by atoms with Crippen molar-refractivity contribution in [1.82, 2.24) is 9.99 Å². The van der Waals surface area contributed by atoms with Crippen LogP contribution in [-0.4, -0.2) is 41.5 Å². The molecule has 148 valence electrons. The van der Waals surface area contributed by atoms with Gasteiger partial charge in [-0.25, -0.2) is 10.2 Å². The lowest BCUT2D eigenvalue weighted by molar-refractivity contribution is -0.123. The number of benzene rings is 2. The molecule has 0 saturated carbocycles. The molecule has 0 spiro atoms. The van der Waals surface area contributed by atoms with E-state index in [0.29, 0.717) is 22.9 Å². The molecule has 0 bridgehead atoms. The zero-order valence-corrected chi connectivity index (χ0v) is 15.6. The van der Waals surface area contributed by atoms with E-state index in [-0.39, 0.29) is 12.2 Å². The molecule has 3 aromatic rings. The van der Waals surface area contributed by atoms with Gasteiger partial charge in [0.1, 0.15) is 11.5 Å². The molecule has 0 unspecified atom stereocenters. The van der Waals surface area contributed by atoms with Crippen molar-refractivity contribution < 1.29 is 24.2 Å². The Hall–Kier alpha value is -4.07. The van der Waals surface area contributed by atoms with Crippen LogP contribution in [0.1, 0.15) is 16.1 Å². The molecule has 1 aromatic heterocycles. The van der Waals surface area contributed by atoms with Crippen LogP contribution >= 0.6 is 0 Å². The number of amides is 1. The number of methoxy groups -OCH3 is 1. The molecular formula is C21H19N3O5. The lowest BCUT2D eigenvalue weighted by atomic mass is 10.2. The number of ether oxygens (including phenoxy) is 2. The van der Waals surface area contributed by atoms with E-state index >= 15 is 0 Å². The molecule has 0 aliphatic rings. The fourth-order valence-electron chi connectivity index (χ4n) is 2.55. The first-order valence-corrected chi connectivity index (χ1v) is 8.66. The van der Waals surface area contributed by atoms with E-state index in [0.717, 1.165) is 0 Å². The fourth-order valence-corrected chi connectivity index (χ4v) is 2.55. The minimum absolute atomic E-state index is 0.183. The van der Waals surface area contributed by atoms with E-state index in [1.54, 1.807) is 72.5 Å². The summed E-state index contributed by atoms with van der Waals surface area (Å²) >= 11 is 0. The van der Waals surface area contributed by atoms with Gasteiger partial charge < -0.3 is 19.1 Å². The Balaban J connectivity index is 1.58. The summed E-state index contributed by atoms with van der Waals surface area (Å²) in [5.41, 5.74) is 3.92. The molecular weight excluding hydrogens is 374 g/mol. The second kappa shape index (κ2) is 9.23. The summed E-state index contributed by atoms with van der Waals surface area (Å²) in [7, 11) is 1.57. The van der Waals surface area contributed by atoms with Gasteiger partial charge in [-0.2, -0.15) is 5.10 Å². The number of hydrogen-bond donors (Lipinski definition) is 2. The van der Waals surface area contributed by atoms with Crippen molar-refractivity contribution in [3.63, 3.8) is 0 Å². The highest BCUT2D eigenvalue weighted by Crippen LogP contribution is 2.17. The van der Waals surface area contributed by atoms with E-state index in [1.165, 1.54) is 12.3 Å². The molecule has 0 fully saturated rings. The van der Waals surface area contributed by atoms with Crippen LogP contribution in [0.15, 0.2) is 72.0 Å². The van der Waals surface area contributed by atoms with E-state index in [9.17, 15) is 9.59 Å². The number of hydrogen-bond acceptors (Lipinski definition) is 5. The number of carbonyl (C=O) groups excluding carboxylic acids is 1. The van der Waals surface area contributed by atoms with Crippen molar-refractivity contribution in [2.24, 2.45) is 5.10 Å². The molecule has 2 aromatic carbocycles. The van der Waals surface area contributed by atoms with Gasteiger partial charge in [0.25, 0.3) is 5.91 Å². The molecule has 3 rings (SSSR count). The van der Waals surface area contributed by atoms with Crippen LogP contribution in [0.5, 0.6) is 11.5 Å². The van der Waals surface area contributed by atoms with Gasteiger partial charge in [0.05, 0.1) is 24.6 Å². The maximum atomic E-state index is 11.9. The van der Waals surface area contributed by atoms with Crippen LogP contribution < -0.4 is 14.9 Å². The van der Waals surface area contributed by atoms with Crippen LogP contribution in [0.3, 0.4) is 0 Å². The van der Waals surface area contributed by atoms with Crippen LogP contribution in [0, 0.1) is 0 Å². The standard InChI is InChI=1S/C21H19N3O5/c1-28-18-7-9-19(10-8-18)29-14-20(25)23-22-13-17-6-3-11-24(17)16-5-2-4-15(12-16)21(26)27/h2-13H,14H2,1H3,(H,23,25)(H,26,27)/b22-13-. The molecule has 1 heterocycles. The Morgan fingerprint density at radius 2 is 1.86 bits per heavy atom. The minimum atomic E-state index is -1.00. The lowest BCUT2D eigenvalue weighted by Crippen LogP contribution is -2.24. The molecule has 2 N–H and O–H groups in total. The SMILES string of the molecule is COc1ccc(OCC(=O)N/N=C\c2cccn2-c2cccc(C(=O)O)c2)cc1. The normalized spacial score (nSPS) is 10.7. The first-order valence-electron chi connectivity index (χ1n) is 8.66. The third kappa shape index (κ3) is 5.23. The van der Waals surface area contributed by atoms with Crippen molar-refractivity contribution in [2.75, 3.05) is 13.7 Å². The van der Waals surface area contributed by atoms with Gasteiger partial charge >= 0.3 is 5.97 Å². The average molecular weight is 393 g/mol. The Bertz CT molecular complexity index is 1020. The zero-order chi connectivity index (χ0) is 20.6. The Morgan fingerprint density at radius 1 is 1.10 bits per heavy atom. The van der Waals surface area contributed by atoms with Gasteiger partial charge in [-0.15, -0.1) is 0 Å². The van der Waals surface area contributed by atoms with Crippen LogP contribution in [0.4, 0.5) is 0 Å². The topological polar surface area (TPSA) is 102 Å². The highest BCUT2D eigenvalue weighted by Gasteiger charge is 2.07. The van der Waals surface area contributed by atoms with Crippen molar-refractivity contribution in [3.05, 3.63) is 78.1 Å². The largest absolute Gasteiger partial charge is 0.497 e. The molecule has 1 amide bonds. The first kappa shape index (κ1) is 19.7. The van der Waals surface area contributed by atoms with Gasteiger partial charge in [0.2, 0.25) is 0 Å². The Kier molecular flexibility index (Phi) is 6.26. The fraction of sp³-hybridized carbons (Fsp3) is 0.0952. The summed E-state index contributed by atoms with van der Waals surface area (Å²) in [6.07, 6.45) is 3.25. The summed E-state index contributed by atoms with van der Waals surface area (Å²) in [5, 5.41) is 13.1. The van der Waals surface area contributed by atoms with E-state index in [4.69, 9.17) is 14.6 Å². The molecule has 0 saturated heterocycles. The third-order valence-corrected chi connectivity index (χ3v) is 3.97. The molecule has 29 heavy (non-hydrogen) atoms. The van der Waals surface area contributed by atoms with Gasteiger partial charge in [0.15, 0.2) is 6.61 Å². The monoisotopic (exact) mass is 393 g/mol. The van der Waals surface area contributed by atoms with Gasteiger partial charge in [-0.1, -0.05) is 6.07 Å². The van der Waals surface area contributed by atoms with Crippen LogP contribution in [0.2, 0.25) is 0 Å². The summed E-state index contributed by atoms with van der Waals surface area (Å²) < 4.78 is 12.2. The second-order valence-corrected chi connectivity index (χ2v) is 5.92. The van der Waals surface area contributed by atoms with Crippen LogP contribution in [0.25, 0.3) is 5.69 Å². The van der Waals surface area contributed by atoms with Gasteiger partial charge in [-0.05, 0) is 54.6 Å². The average Bonchev–Trinajstić information content (AvgIpc) is 3.21. The Labute approximate surface area is 167 Å². The highest BCUT2D eigenvalue weighted by molar-refractivity contribution is 5.88. The summed E-state index contributed by atoms with van der Waals surface area (Å²) in [5.74, 6) is -0.179. The highest BCUT2D eigenvalue weighted by atomic mass is 16.5. The molecule has 0 atom stereocenters. The molecule has 0 radical (unpaired) electrons. The number of aromatic nitrogens is 1. The molecule has 0 aliphatic heterocycles. The van der Waals surface area contributed by atoms with Crippen molar-refractivity contribution in [3.8, 4) is 17.2 Å². The number of aromatic carboxylic acids is 1. The zero-order valence-electron chi connectivity index (χ0n) is 15.6. The second-order valence-electron chi connectivity index (χ2n) is 5.92. The van der Waals surface area contributed by atoms with Crippen molar-refractivity contribution in [1.29, 1.82) is 0 Å². The number of rotatable bonds is 8. The third-order valence-electron chi connectivity index (χ3n) is 3.97. The summed E-state index contributed by atoms with van der Waals surface area (Å²) in [6.45, 7) is -0.189. The van der Waals surface area contributed by atoms with Crippen molar-refractivity contribution in [2.45, 2.75) is 0 Å². The van der Waals surface area contributed by atoms with E-state index in [1.807, 2.05) is 0 Å². The number of nitrogens with one attached hydrogen (secondary N) is 1. The number of hydrazone groups is 1. The number of carboxylic acids is 1. The lowest BCUT2D eigenvalue weighted by Gasteiger charge is -2.07. The van der Waals surface area contributed by atoms with Gasteiger partial charge in [-0.3, -0.25) is 4.79 Å². The quantitative estimate of drug-likeness (QED) is 0.453. The summed E-state index contributed by atoms with van der Waals surface area (Å²) in [4.78, 5) is 23.0. The Morgan fingerprint density at radius 3 is 2.59 bits per heavy atom. The first-order chi connectivity index (χ1) is 14.1. The summed E-state index contributed by atoms with van der Waals surface area (Å²) in [6, 6.07) is 17.0. The molecule has 0 aliphatic carbocycles. The maximum Gasteiger partial charge on any atom is 0.335 e. The maximum absolute atomic E-state index is 11.9. The van der Waals surface area contributed by atoms with E-state index in [2.05, 4.69) is 10.5 Å². The van der Waals surface area contributed by atoms with Crippen molar-refractivity contribution >= 4 is 18.1 Å². The molecule has 8 nitrogen and oxygen atoms in total. The molecule has 8 heteroatoms. The predicted octanol–water partition coefficient (Wildman–Crippen LogP) is 2.71. The number of carbonyl (C=O) groups is 2. The van der Waals surface area contributed by atoms with Gasteiger partial charge in [0, 0.05) is 11.9 Å². The number of carboxylic acid groups (broad SMARTS) is 1. The van der Waals surface area contributed by atoms with Crippen LogP contribution in [-0.2, 0) is 4.79 Å². The predicted molar refractivity (Wildman–Crippen MR) is 107 cm³/mol. The smallest absolute Gasteiger partial charge is 0.335 e.